The SMILES string of the molecule is NC(=O)N[C@@H](Cc1ccccc1)C(=O)OCc1c(F)cccc1Cl. The quantitative estimate of drug-likeness (QED) is 0.786. The molecule has 0 saturated carbocycles. The maximum Gasteiger partial charge on any atom is 0.329 e. The van der Waals surface area contributed by atoms with Gasteiger partial charge >= 0.3 is 12.0 Å². The van der Waals surface area contributed by atoms with Crippen LogP contribution in [-0.2, 0) is 22.6 Å². The predicted octanol–water partition coefficient (Wildman–Crippen LogP) is 2.80. The fourth-order valence-corrected chi connectivity index (χ4v) is 2.35. The molecule has 2 rings (SSSR count). The fraction of sp³-hybridized carbons (Fsp3) is 0.176. The fourth-order valence-electron chi connectivity index (χ4n) is 2.13. The van der Waals surface area contributed by atoms with Crippen molar-refractivity contribution in [3.8, 4) is 0 Å². The summed E-state index contributed by atoms with van der Waals surface area (Å²) in [4.78, 5) is 23.3. The van der Waals surface area contributed by atoms with Crippen LogP contribution in [0.15, 0.2) is 48.5 Å². The summed E-state index contributed by atoms with van der Waals surface area (Å²) in [6.07, 6.45) is 0.202. The Morgan fingerprint density at radius 3 is 2.50 bits per heavy atom. The molecule has 126 valence electrons. The van der Waals surface area contributed by atoms with Gasteiger partial charge in [0.1, 0.15) is 18.5 Å². The highest BCUT2D eigenvalue weighted by atomic mass is 35.5. The number of benzene rings is 2. The van der Waals surface area contributed by atoms with Crippen LogP contribution in [0.25, 0.3) is 0 Å². The first-order chi connectivity index (χ1) is 11.5. The molecule has 24 heavy (non-hydrogen) atoms. The lowest BCUT2D eigenvalue weighted by Gasteiger charge is -2.17. The first-order valence-electron chi connectivity index (χ1n) is 7.17. The lowest BCUT2D eigenvalue weighted by atomic mass is 10.1. The van der Waals surface area contributed by atoms with E-state index in [0.717, 1.165) is 5.56 Å². The highest BCUT2D eigenvalue weighted by Gasteiger charge is 2.22. The Kier molecular flexibility index (Phi) is 6.14. The maximum absolute atomic E-state index is 13.7. The Labute approximate surface area is 143 Å². The van der Waals surface area contributed by atoms with Gasteiger partial charge in [-0.15, -0.1) is 0 Å². The first kappa shape index (κ1) is 17.7. The van der Waals surface area contributed by atoms with Crippen molar-refractivity contribution in [2.45, 2.75) is 19.1 Å². The Hall–Kier alpha value is -2.60. The molecule has 0 aliphatic carbocycles. The number of urea groups is 1. The Bertz CT molecular complexity index is 705. The number of carbonyl (C=O) groups excluding carboxylic acids is 2. The van der Waals surface area contributed by atoms with E-state index in [-0.39, 0.29) is 23.6 Å². The monoisotopic (exact) mass is 350 g/mol. The third kappa shape index (κ3) is 4.96. The number of hydrogen-bond acceptors (Lipinski definition) is 3. The van der Waals surface area contributed by atoms with E-state index in [0.29, 0.717) is 0 Å². The van der Waals surface area contributed by atoms with E-state index < -0.39 is 23.9 Å². The number of amides is 2. The number of nitrogens with two attached hydrogens (primary N) is 1. The van der Waals surface area contributed by atoms with Crippen molar-refractivity contribution in [2.75, 3.05) is 0 Å². The van der Waals surface area contributed by atoms with Gasteiger partial charge in [0.15, 0.2) is 0 Å². The molecule has 1 atom stereocenters. The van der Waals surface area contributed by atoms with Gasteiger partial charge in [0, 0.05) is 12.0 Å². The van der Waals surface area contributed by atoms with Gasteiger partial charge in [-0.1, -0.05) is 48.0 Å². The molecule has 0 saturated heterocycles. The van der Waals surface area contributed by atoms with Crippen LogP contribution in [0.4, 0.5) is 9.18 Å². The molecule has 2 amide bonds. The summed E-state index contributed by atoms with van der Waals surface area (Å²) >= 11 is 5.89. The molecule has 2 aromatic carbocycles. The van der Waals surface area contributed by atoms with Crippen LogP contribution in [0.5, 0.6) is 0 Å². The Balaban J connectivity index is 2.06. The van der Waals surface area contributed by atoms with E-state index in [1.807, 2.05) is 6.07 Å². The molecule has 0 unspecified atom stereocenters. The summed E-state index contributed by atoms with van der Waals surface area (Å²) in [5.74, 6) is -1.30. The van der Waals surface area contributed by atoms with Gasteiger partial charge < -0.3 is 15.8 Å². The van der Waals surface area contributed by atoms with E-state index in [1.54, 1.807) is 24.3 Å². The number of carbonyl (C=O) groups is 2. The molecule has 0 spiro atoms. The minimum absolute atomic E-state index is 0.0741. The average Bonchev–Trinajstić information content (AvgIpc) is 2.54. The number of halogens is 2. The zero-order valence-corrected chi connectivity index (χ0v) is 13.4. The van der Waals surface area contributed by atoms with Gasteiger partial charge in [-0.3, -0.25) is 0 Å². The average molecular weight is 351 g/mol. The molecular weight excluding hydrogens is 335 g/mol. The number of hydrogen-bond donors (Lipinski definition) is 2. The minimum Gasteiger partial charge on any atom is -0.459 e. The first-order valence-corrected chi connectivity index (χ1v) is 7.54. The Morgan fingerprint density at radius 1 is 1.17 bits per heavy atom. The van der Waals surface area contributed by atoms with Gasteiger partial charge in [0.2, 0.25) is 0 Å². The number of nitrogens with one attached hydrogen (secondary N) is 1. The summed E-state index contributed by atoms with van der Waals surface area (Å²) in [7, 11) is 0. The molecule has 2 aromatic rings. The second kappa shape index (κ2) is 8.31. The molecule has 0 bridgehead atoms. The van der Waals surface area contributed by atoms with Crippen molar-refractivity contribution in [1.29, 1.82) is 0 Å². The van der Waals surface area contributed by atoms with Crippen molar-refractivity contribution in [1.82, 2.24) is 5.32 Å². The van der Waals surface area contributed by atoms with E-state index in [9.17, 15) is 14.0 Å². The Morgan fingerprint density at radius 2 is 1.88 bits per heavy atom. The van der Waals surface area contributed by atoms with E-state index in [1.165, 1.54) is 18.2 Å². The highest BCUT2D eigenvalue weighted by molar-refractivity contribution is 6.31. The van der Waals surface area contributed by atoms with Crippen LogP contribution >= 0.6 is 11.6 Å². The van der Waals surface area contributed by atoms with Crippen LogP contribution < -0.4 is 11.1 Å². The predicted molar refractivity (Wildman–Crippen MR) is 87.9 cm³/mol. The molecule has 0 heterocycles. The standard InChI is InChI=1S/C17H16ClFN2O3/c18-13-7-4-8-14(19)12(13)10-24-16(22)15(21-17(20)23)9-11-5-2-1-3-6-11/h1-8,15H,9-10H2,(H3,20,21,23)/t15-/m0/s1. The molecule has 0 radical (unpaired) electrons. The van der Waals surface area contributed by atoms with E-state index in [2.05, 4.69) is 5.32 Å². The van der Waals surface area contributed by atoms with Crippen molar-refractivity contribution in [2.24, 2.45) is 5.73 Å². The van der Waals surface area contributed by atoms with Gasteiger partial charge in [0.05, 0.1) is 5.02 Å². The van der Waals surface area contributed by atoms with Crippen molar-refractivity contribution in [3.63, 3.8) is 0 Å². The molecule has 0 fully saturated rings. The van der Waals surface area contributed by atoms with Crippen molar-refractivity contribution >= 4 is 23.6 Å². The van der Waals surface area contributed by atoms with Crippen molar-refractivity contribution in [3.05, 3.63) is 70.5 Å². The van der Waals surface area contributed by atoms with Gasteiger partial charge in [-0.05, 0) is 17.7 Å². The van der Waals surface area contributed by atoms with Crippen LogP contribution in [0.3, 0.4) is 0 Å². The van der Waals surface area contributed by atoms with Gasteiger partial charge in [-0.25, -0.2) is 14.0 Å². The number of rotatable bonds is 6. The topological polar surface area (TPSA) is 81.4 Å². The second-order valence-corrected chi connectivity index (χ2v) is 5.47. The minimum atomic E-state index is -0.976. The zero-order chi connectivity index (χ0) is 17.5. The van der Waals surface area contributed by atoms with Crippen LogP contribution in [-0.4, -0.2) is 18.0 Å². The van der Waals surface area contributed by atoms with E-state index >= 15 is 0 Å². The molecule has 0 aromatic heterocycles. The summed E-state index contributed by atoms with van der Waals surface area (Å²) in [5.41, 5.74) is 5.99. The summed E-state index contributed by atoms with van der Waals surface area (Å²) in [5, 5.41) is 2.49. The molecular formula is C17H16ClFN2O3. The molecule has 7 heteroatoms. The van der Waals surface area contributed by atoms with E-state index in [4.69, 9.17) is 22.1 Å². The highest BCUT2D eigenvalue weighted by Crippen LogP contribution is 2.20. The smallest absolute Gasteiger partial charge is 0.329 e. The summed E-state index contributed by atoms with van der Waals surface area (Å²) in [6.45, 7) is -0.337. The molecule has 5 nitrogen and oxygen atoms in total. The zero-order valence-electron chi connectivity index (χ0n) is 12.7. The van der Waals surface area contributed by atoms with Crippen molar-refractivity contribution < 1.29 is 18.7 Å². The molecule has 3 N–H and O–H groups in total. The number of ether oxygens (including phenoxy) is 1. The lowest BCUT2D eigenvalue weighted by Crippen LogP contribution is -2.45. The number of primary amides is 1. The third-order valence-corrected chi connectivity index (χ3v) is 3.66. The largest absolute Gasteiger partial charge is 0.459 e. The normalized spacial score (nSPS) is 11.6. The van der Waals surface area contributed by atoms with Gasteiger partial charge in [0.25, 0.3) is 0 Å². The van der Waals surface area contributed by atoms with Crippen LogP contribution in [0.1, 0.15) is 11.1 Å². The molecule has 0 aliphatic rings. The van der Waals surface area contributed by atoms with Crippen LogP contribution in [0.2, 0.25) is 5.02 Å². The second-order valence-electron chi connectivity index (χ2n) is 5.06. The maximum atomic E-state index is 13.7. The summed E-state index contributed by atoms with van der Waals surface area (Å²) in [6, 6.07) is 11.4. The lowest BCUT2D eigenvalue weighted by molar-refractivity contribution is -0.147. The third-order valence-electron chi connectivity index (χ3n) is 3.30. The summed E-state index contributed by atoms with van der Waals surface area (Å²) < 4.78 is 18.8. The molecule has 0 aliphatic heterocycles. The van der Waals surface area contributed by atoms with Gasteiger partial charge in [-0.2, -0.15) is 0 Å². The number of esters is 1. The van der Waals surface area contributed by atoms with Crippen LogP contribution in [0, 0.1) is 5.82 Å².